The second-order valence-corrected chi connectivity index (χ2v) is 4.76. The molecule has 1 unspecified atom stereocenters. The zero-order chi connectivity index (χ0) is 15.0. The van der Waals surface area contributed by atoms with Gasteiger partial charge in [-0.2, -0.15) is 0 Å². The van der Waals surface area contributed by atoms with E-state index in [-0.39, 0.29) is 12.2 Å². The van der Waals surface area contributed by atoms with E-state index in [1.54, 1.807) is 0 Å². The normalized spacial score (nSPS) is 12.2. The van der Waals surface area contributed by atoms with Crippen molar-refractivity contribution in [3.05, 3.63) is 17.8 Å². The molecule has 0 aromatic carbocycles. The third kappa shape index (κ3) is 5.11. The Balaban J connectivity index is 2.44. The Morgan fingerprint density at radius 1 is 1.40 bits per heavy atom. The van der Waals surface area contributed by atoms with Gasteiger partial charge in [0.05, 0.1) is 5.69 Å². The lowest BCUT2D eigenvalue weighted by Crippen LogP contribution is -2.13. The smallest absolute Gasteiger partial charge is 0.303 e. The number of anilines is 1. The molecule has 20 heavy (non-hydrogen) atoms. The maximum Gasteiger partial charge on any atom is 0.303 e. The van der Waals surface area contributed by atoms with Gasteiger partial charge in [0.2, 0.25) is 0 Å². The minimum absolute atomic E-state index is 0.181. The number of hydrogen-bond acceptors (Lipinski definition) is 4. The van der Waals surface area contributed by atoms with E-state index in [9.17, 15) is 9.18 Å². The molecule has 5 nitrogen and oxygen atoms in total. The van der Waals surface area contributed by atoms with Crippen molar-refractivity contribution in [1.82, 2.24) is 9.97 Å². The summed E-state index contributed by atoms with van der Waals surface area (Å²) in [7, 11) is 0. The summed E-state index contributed by atoms with van der Waals surface area (Å²) < 4.78 is 13.9. The molecule has 2 N–H and O–H groups in total. The fourth-order valence-corrected chi connectivity index (χ4v) is 2.05. The van der Waals surface area contributed by atoms with Crippen LogP contribution in [-0.2, 0) is 11.2 Å². The van der Waals surface area contributed by atoms with Crippen LogP contribution in [0.2, 0.25) is 0 Å². The van der Waals surface area contributed by atoms with Crippen molar-refractivity contribution in [3.63, 3.8) is 0 Å². The van der Waals surface area contributed by atoms with E-state index in [0.717, 1.165) is 12.8 Å². The Morgan fingerprint density at radius 3 is 2.75 bits per heavy atom. The number of nitrogens with zero attached hydrogens (tertiary/aromatic N) is 2. The molecule has 0 bridgehead atoms. The first kappa shape index (κ1) is 16.3. The van der Waals surface area contributed by atoms with Crippen LogP contribution in [0.3, 0.4) is 0 Å². The molecule has 1 atom stereocenters. The fourth-order valence-electron chi connectivity index (χ4n) is 2.05. The zero-order valence-corrected chi connectivity index (χ0v) is 12.0. The molecule has 0 aliphatic rings. The lowest BCUT2D eigenvalue weighted by atomic mass is 9.97. The number of aromatic nitrogens is 2. The summed E-state index contributed by atoms with van der Waals surface area (Å²) in [5.41, 5.74) is 0.403. The molecular weight excluding hydrogens is 261 g/mol. The van der Waals surface area contributed by atoms with E-state index in [1.165, 1.54) is 6.33 Å². The number of aryl methyl sites for hydroxylation is 1. The number of hydrogen-bond donors (Lipinski definition) is 2. The van der Waals surface area contributed by atoms with Crippen molar-refractivity contribution >= 4 is 11.8 Å². The predicted octanol–water partition coefficient (Wildman–Crippen LogP) is 2.87. The number of rotatable bonds is 9. The Morgan fingerprint density at radius 2 is 2.15 bits per heavy atom. The van der Waals surface area contributed by atoms with Crippen LogP contribution in [0, 0.1) is 11.7 Å². The number of carbonyl (C=O) groups is 1. The average Bonchev–Trinajstić information content (AvgIpc) is 2.44. The molecule has 0 fully saturated rings. The monoisotopic (exact) mass is 283 g/mol. The molecule has 1 aromatic rings. The summed E-state index contributed by atoms with van der Waals surface area (Å²) in [5, 5.41) is 11.6. The number of halogens is 1. The number of nitrogens with one attached hydrogen (secondary N) is 1. The summed E-state index contributed by atoms with van der Waals surface area (Å²) in [6.45, 7) is 4.45. The van der Waals surface area contributed by atoms with Crippen molar-refractivity contribution in [1.29, 1.82) is 0 Å². The molecule has 0 amide bonds. The Kier molecular flexibility index (Phi) is 6.90. The van der Waals surface area contributed by atoms with Gasteiger partial charge >= 0.3 is 5.97 Å². The Bertz CT molecular complexity index is 440. The first-order valence-electron chi connectivity index (χ1n) is 7.03. The van der Waals surface area contributed by atoms with E-state index in [4.69, 9.17) is 5.11 Å². The van der Waals surface area contributed by atoms with E-state index >= 15 is 0 Å². The van der Waals surface area contributed by atoms with Crippen LogP contribution >= 0.6 is 0 Å². The van der Waals surface area contributed by atoms with Crippen molar-refractivity contribution in [2.24, 2.45) is 5.92 Å². The highest BCUT2D eigenvalue weighted by atomic mass is 19.1. The Hall–Kier alpha value is -1.72. The summed E-state index contributed by atoms with van der Waals surface area (Å²) in [6, 6.07) is 0. The van der Waals surface area contributed by atoms with E-state index < -0.39 is 11.8 Å². The van der Waals surface area contributed by atoms with Gasteiger partial charge in [-0.3, -0.25) is 4.79 Å². The summed E-state index contributed by atoms with van der Waals surface area (Å²) >= 11 is 0. The Labute approximate surface area is 118 Å². The fraction of sp³-hybridized carbons (Fsp3) is 0.643. The highest BCUT2D eigenvalue weighted by Crippen LogP contribution is 2.17. The molecule has 1 aromatic heterocycles. The number of carboxylic acids is 1. The molecule has 0 saturated carbocycles. The van der Waals surface area contributed by atoms with Crippen LogP contribution in [0.5, 0.6) is 0 Å². The zero-order valence-electron chi connectivity index (χ0n) is 12.0. The van der Waals surface area contributed by atoms with Gasteiger partial charge in [-0.1, -0.05) is 20.3 Å². The van der Waals surface area contributed by atoms with E-state index in [1.807, 2.05) is 13.8 Å². The van der Waals surface area contributed by atoms with Crippen LogP contribution in [0.15, 0.2) is 6.33 Å². The molecule has 0 aliphatic carbocycles. The summed E-state index contributed by atoms with van der Waals surface area (Å²) in [6.07, 6.45) is 4.43. The highest BCUT2D eigenvalue weighted by molar-refractivity contribution is 5.66. The van der Waals surface area contributed by atoms with Crippen molar-refractivity contribution in [2.45, 2.75) is 46.0 Å². The average molecular weight is 283 g/mol. The van der Waals surface area contributed by atoms with Gasteiger partial charge in [0.1, 0.15) is 6.33 Å². The van der Waals surface area contributed by atoms with Crippen molar-refractivity contribution in [2.75, 3.05) is 11.9 Å². The highest BCUT2D eigenvalue weighted by Gasteiger charge is 2.11. The molecule has 0 radical (unpaired) electrons. The quantitative estimate of drug-likeness (QED) is 0.729. The van der Waals surface area contributed by atoms with Gasteiger partial charge < -0.3 is 10.4 Å². The van der Waals surface area contributed by atoms with Gasteiger partial charge in [0.15, 0.2) is 11.6 Å². The SMILES string of the molecule is CCc1ncnc(NCCC(CC)CCC(=O)O)c1F. The second-order valence-electron chi connectivity index (χ2n) is 4.76. The maximum absolute atomic E-state index is 13.9. The molecule has 0 aliphatic heterocycles. The van der Waals surface area contributed by atoms with Crippen molar-refractivity contribution in [3.8, 4) is 0 Å². The van der Waals surface area contributed by atoms with Gasteiger partial charge in [-0.05, 0) is 25.2 Å². The minimum Gasteiger partial charge on any atom is -0.481 e. The lowest BCUT2D eigenvalue weighted by molar-refractivity contribution is -0.137. The molecule has 0 saturated heterocycles. The summed E-state index contributed by atoms with van der Waals surface area (Å²) in [4.78, 5) is 18.3. The number of carboxylic acid groups (broad SMARTS) is 1. The maximum atomic E-state index is 13.9. The van der Waals surface area contributed by atoms with Gasteiger partial charge in [0.25, 0.3) is 0 Å². The first-order valence-corrected chi connectivity index (χ1v) is 7.03. The van der Waals surface area contributed by atoms with Crippen LogP contribution < -0.4 is 5.32 Å². The third-order valence-electron chi connectivity index (χ3n) is 3.39. The molecule has 1 heterocycles. The molecule has 112 valence electrons. The molecule has 1 rings (SSSR count). The molecule has 6 heteroatoms. The molecular formula is C14H22FN3O2. The predicted molar refractivity (Wildman–Crippen MR) is 75.1 cm³/mol. The second kappa shape index (κ2) is 8.45. The lowest BCUT2D eigenvalue weighted by Gasteiger charge is -2.14. The van der Waals surface area contributed by atoms with Crippen LogP contribution in [-0.4, -0.2) is 27.6 Å². The van der Waals surface area contributed by atoms with Crippen LogP contribution in [0.1, 0.15) is 45.2 Å². The molecule has 0 spiro atoms. The van der Waals surface area contributed by atoms with Crippen LogP contribution in [0.25, 0.3) is 0 Å². The standard InChI is InChI=1S/C14H22FN3O2/c1-3-10(5-6-12(19)20)7-8-16-14-13(15)11(4-2)17-9-18-14/h9-10H,3-8H2,1-2H3,(H,19,20)(H,16,17,18). The third-order valence-corrected chi connectivity index (χ3v) is 3.39. The van der Waals surface area contributed by atoms with Gasteiger partial charge in [-0.25, -0.2) is 14.4 Å². The van der Waals surface area contributed by atoms with Gasteiger partial charge in [0, 0.05) is 13.0 Å². The number of aliphatic carboxylic acids is 1. The van der Waals surface area contributed by atoms with E-state index in [2.05, 4.69) is 15.3 Å². The summed E-state index contributed by atoms with van der Waals surface area (Å²) in [5.74, 6) is -0.612. The first-order chi connectivity index (χ1) is 9.58. The van der Waals surface area contributed by atoms with Crippen LogP contribution in [0.4, 0.5) is 10.2 Å². The van der Waals surface area contributed by atoms with Crippen molar-refractivity contribution < 1.29 is 14.3 Å². The van der Waals surface area contributed by atoms with Gasteiger partial charge in [-0.15, -0.1) is 0 Å². The minimum atomic E-state index is -0.772. The van der Waals surface area contributed by atoms with E-state index in [0.29, 0.717) is 31.0 Å². The topological polar surface area (TPSA) is 75.1 Å². The largest absolute Gasteiger partial charge is 0.481 e.